The van der Waals surface area contributed by atoms with E-state index in [4.69, 9.17) is 0 Å². The highest BCUT2D eigenvalue weighted by Crippen LogP contribution is 2.16. The van der Waals surface area contributed by atoms with E-state index in [1.54, 1.807) is 6.08 Å². The molecule has 4 heteroatoms. The molecule has 3 N–H and O–H groups in total. The monoisotopic (exact) mass is 902 g/mol. The fourth-order valence-corrected chi connectivity index (χ4v) is 8.10. The highest BCUT2D eigenvalue weighted by atomic mass is 16.3. The number of hydrogen-bond acceptors (Lipinski definition) is 3. The van der Waals surface area contributed by atoms with Gasteiger partial charge in [-0.3, -0.25) is 4.79 Å². The van der Waals surface area contributed by atoms with Crippen LogP contribution in [0.3, 0.4) is 0 Å². The Morgan fingerprint density at radius 1 is 0.385 bits per heavy atom. The summed E-state index contributed by atoms with van der Waals surface area (Å²) in [6, 6.07) is -0.626. The maximum atomic E-state index is 12.5. The molecule has 0 saturated carbocycles. The summed E-state index contributed by atoms with van der Waals surface area (Å²) in [6.07, 6.45) is 82.7. The molecule has 0 aromatic rings. The largest absolute Gasteiger partial charge is 0.394 e. The van der Waals surface area contributed by atoms with Gasteiger partial charge in [-0.05, 0) is 77.0 Å². The van der Waals surface area contributed by atoms with Crippen LogP contribution < -0.4 is 5.32 Å². The average Bonchev–Trinajstić information content (AvgIpc) is 3.31. The molecule has 0 aromatic carbocycles. The minimum Gasteiger partial charge on any atom is -0.394 e. The van der Waals surface area contributed by atoms with Gasteiger partial charge in [0.2, 0.25) is 5.91 Å². The summed E-state index contributed by atoms with van der Waals surface area (Å²) >= 11 is 0. The van der Waals surface area contributed by atoms with Crippen molar-refractivity contribution in [3.63, 3.8) is 0 Å². The Morgan fingerprint density at radius 2 is 0.677 bits per heavy atom. The number of unbranched alkanes of at least 4 members (excludes halogenated alkanes) is 29. The lowest BCUT2D eigenvalue weighted by molar-refractivity contribution is -0.123. The van der Waals surface area contributed by atoms with Gasteiger partial charge < -0.3 is 15.5 Å². The lowest BCUT2D eigenvalue weighted by Crippen LogP contribution is -2.45. The first-order chi connectivity index (χ1) is 32.2. The fraction of sp³-hybridized carbons (Fsp3) is 0.721. The second-order valence-electron chi connectivity index (χ2n) is 18.6. The van der Waals surface area contributed by atoms with Gasteiger partial charge in [0.1, 0.15) is 0 Å². The number of carbonyl (C=O) groups is 1. The number of amides is 1. The van der Waals surface area contributed by atoms with Crippen molar-refractivity contribution in [2.75, 3.05) is 6.61 Å². The molecule has 0 spiro atoms. The van der Waals surface area contributed by atoms with Crippen LogP contribution in [0.25, 0.3) is 0 Å². The number of aliphatic hydroxyl groups is 2. The van der Waals surface area contributed by atoms with Crippen molar-refractivity contribution in [2.24, 2.45) is 0 Å². The molecule has 0 radical (unpaired) electrons. The molecule has 0 aliphatic carbocycles. The van der Waals surface area contributed by atoms with Gasteiger partial charge in [0.15, 0.2) is 0 Å². The molecular weight excluding hydrogens is 795 g/mol. The zero-order valence-corrected chi connectivity index (χ0v) is 43.0. The number of carbonyl (C=O) groups excluding carboxylic acids is 1. The Labute approximate surface area is 404 Å². The third-order valence-electron chi connectivity index (χ3n) is 12.3. The first kappa shape index (κ1) is 62.3. The van der Waals surface area contributed by atoms with Crippen LogP contribution >= 0.6 is 0 Å². The summed E-state index contributed by atoms with van der Waals surface area (Å²) in [7, 11) is 0. The smallest absolute Gasteiger partial charge is 0.220 e. The Hall–Kier alpha value is -2.69. The van der Waals surface area contributed by atoms with Crippen LogP contribution in [0, 0.1) is 0 Å². The van der Waals surface area contributed by atoms with Gasteiger partial charge in [0.05, 0.1) is 18.8 Å². The van der Waals surface area contributed by atoms with Crippen molar-refractivity contribution in [2.45, 2.75) is 276 Å². The quantitative estimate of drug-likeness (QED) is 0.0421. The molecule has 0 aliphatic heterocycles. The van der Waals surface area contributed by atoms with Gasteiger partial charge in [-0.2, -0.15) is 0 Å². The highest BCUT2D eigenvalue weighted by molar-refractivity contribution is 5.76. The van der Waals surface area contributed by atoms with Gasteiger partial charge in [-0.15, -0.1) is 0 Å². The molecule has 0 heterocycles. The Kier molecular flexibility index (Phi) is 53.3. The van der Waals surface area contributed by atoms with E-state index in [9.17, 15) is 15.0 Å². The standard InChI is InChI=1S/C61H107NO3/c1-3-5-7-9-11-13-15-17-19-21-22-23-24-25-26-27-28-29-30-31-32-33-34-35-36-37-38-39-40-41-43-45-47-49-51-53-55-57-61(65)62-59(58-63)60(64)56-54-52-50-48-46-44-42-20-18-16-14-12-10-8-6-4-2/h5,7,11,13,17,19,22-23,25-26,28-29,31-32,54,56,59-60,63-64H,3-4,6,8-10,12,14-16,18,20-21,24,27,30,33-53,55,57-58H2,1-2H3,(H,62,65)/b7-5-,13-11-,19-17-,23-22-,26-25-,29-28-,32-31-,56-54+. The van der Waals surface area contributed by atoms with Crippen molar-refractivity contribution in [3.8, 4) is 0 Å². The predicted molar refractivity (Wildman–Crippen MR) is 290 cm³/mol. The second kappa shape index (κ2) is 55.6. The van der Waals surface area contributed by atoms with E-state index in [0.29, 0.717) is 6.42 Å². The molecule has 0 rings (SSSR count). The van der Waals surface area contributed by atoms with Crippen LogP contribution in [0.1, 0.15) is 264 Å². The molecule has 0 aromatic heterocycles. The summed E-state index contributed by atoms with van der Waals surface area (Å²) in [5, 5.41) is 23.1. The van der Waals surface area contributed by atoms with Gasteiger partial charge in [-0.1, -0.05) is 278 Å². The van der Waals surface area contributed by atoms with Gasteiger partial charge in [0, 0.05) is 6.42 Å². The molecule has 2 atom stereocenters. The number of hydrogen-bond donors (Lipinski definition) is 3. The normalized spacial score (nSPS) is 13.6. The molecule has 0 bridgehead atoms. The van der Waals surface area contributed by atoms with E-state index in [1.165, 1.54) is 173 Å². The van der Waals surface area contributed by atoms with Crippen LogP contribution in [0.5, 0.6) is 0 Å². The predicted octanol–water partition coefficient (Wildman–Crippen LogP) is 18.5. The van der Waals surface area contributed by atoms with E-state index < -0.39 is 12.1 Å². The lowest BCUT2D eigenvalue weighted by atomic mass is 10.0. The SMILES string of the molecule is CC/C=C\C/C=C\C/C=C\C/C=C\C/C=C\C/C=C\C/C=C\CCCCCCCCCCCCCCCCCC(=O)NC(CO)C(O)/C=C/CCCCCCCCCCCCCCCC. The van der Waals surface area contributed by atoms with E-state index >= 15 is 0 Å². The number of rotatable bonds is 50. The van der Waals surface area contributed by atoms with Gasteiger partial charge in [-0.25, -0.2) is 0 Å². The summed E-state index contributed by atoms with van der Waals surface area (Å²) < 4.78 is 0. The van der Waals surface area contributed by atoms with Crippen molar-refractivity contribution in [1.29, 1.82) is 0 Å². The van der Waals surface area contributed by atoms with Crippen LogP contribution in [-0.2, 0) is 4.79 Å². The molecule has 0 fully saturated rings. The van der Waals surface area contributed by atoms with E-state index in [2.05, 4.69) is 104 Å². The van der Waals surface area contributed by atoms with Crippen molar-refractivity contribution >= 4 is 5.91 Å². The Bertz CT molecular complexity index is 1210. The number of aliphatic hydroxyl groups excluding tert-OH is 2. The van der Waals surface area contributed by atoms with E-state index in [-0.39, 0.29) is 12.5 Å². The third kappa shape index (κ3) is 52.1. The highest BCUT2D eigenvalue weighted by Gasteiger charge is 2.18. The molecule has 374 valence electrons. The molecular formula is C61H107NO3. The zero-order valence-electron chi connectivity index (χ0n) is 43.0. The fourth-order valence-electron chi connectivity index (χ4n) is 8.10. The van der Waals surface area contributed by atoms with E-state index in [1.807, 2.05) is 6.08 Å². The summed E-state index contributed by atoms with van der Waals surface area (Å²) in [5.41, 5.74) is 0. The first-order valence-corrected chi connectivity index (χ1v) is 28.0. The van der Waals surface area contributed by atoms with Gasteiger partial charge >= 0.3 is 0 Å². The van der Waals surface area contributed by atoms with Crippen LogP contribution in [0.15, 0.2) is 97.2 Å². The van der Waals surface area contributed by atoms with Crippen molar-refractivity contribution in [3.05, 3.63) is 97.2 Å². The molecule has 1 amide bonds. The minimum absolute atomic E-state index is 0.0657. The zero-order chi connectivity index (χ0) is 47.0. The Balaban J connectivity index is 3.52. The number of nitrogens with one attached hydrogen (secondary N) is 1. The van der Waals surface area contributed by atoms with E-state index in [0.717, 1.165) is 70.6 Å². The lowest BCUT2D eigenvalue weighted by Gasteiger charge is -2.20. The minimum atomic E-state index is -0.843. The average molecular weight is 903 g/mol. The maximum absolute atomic E-state index is 12.5. The Morgan fingerprint density at radius 3 is 1.02 bits per heavy atom. The van der Waals surface area contributed by atoms with Crippen LogP contribution in [0.2, 0.25) is 0 Å². The molecule has 65 heavy (non-hydrogen) atoms. The van der Waals surface area contributed by atoms with Crippen molar-refractivity contribution < 1.29 is 15.0 Å². The summed E-state index contributed by atoms with van der Waals surface area (Å²) in [5.74, 6) is -0.0657. The van der Waals surface area contributed by atoms with Crippen LogP contribution in [-0.4, -0.2) is 34.9 Å². The molecule has 2 unspecified atom stereocenters. The molecule has 4 nitrogen and oxygen atoms in total. The maximum Gasteiger partial charge on any atom is 0.220 e. The summed E-state index contributed by atoms with van der Waals surface area (Å²) in [6.45, 7) is 4.20. The van der Waals surface area contributed by atoms with Gasteiger partial charge in [0.25, 0.3) is 0 Å². The van der Waals surface area contributed by atoms with Crippen LogP contribution in [0.4, 0.5) is 0 Å². The first-order valence-electron chi connectivity index (χ1n) is 28.0. The van der Waals surface area contributed by atoms with Crippen molar-refractivity contribution in [1.82, 2.24) is 5.32 Å². The second-order valence-corrected chi connectivity index (χ2v) is 18.6. The number of allylic oxidation sites excluding steroid dienone is 15. The molecule has 0 aliphatic rings. The molecule has 0 saturated heterocycles. The summed E-state index contributed by atoms with van der Waals surface area (Å²) in [4.78, 5) is 12.5. The third-order valence-corrected chi connectivity index (χ3v) is 12.3. The topological polar surface area (TPSA) is 69.6 Å².